The number of furan rings is 1. The minimum atomic E-state index is -0.00281. The van der Waals surface area contributed by atoms with Crippen LogP contribution in [0.1, 0.15) is 16.9 Å². The number of benzene rings is 2. The van der Waals surface area contributed by atoms with Crippen LogP contribution in [0.15, 0.2) is 76.5 Å². The van der Waals surface area contributed by atoms with Gasteiger partial charge in [-0.2, -0.15) is 0 Å². The lowest BCUT2D eigenvalue weighted by Gasteiger charge is -2.16. The number of nitrogens with zero attached hydrogens (tertiary/aromatic N) is 4. The van der Waals surface area contributed by atoms with E-state index in [0.29, 0.717) is 11.7 Å². The minimum absolute atomic E-state index is 0.00281. The maximum absolute atomic E-state index is 12.7. The van der Waals surface area contributed by atoms with E-state index in [-0.39, 0.29) is 11.7 Å². The van der Waals surface area contributed by atoms with Gasteiger partial charge in [0.25, 0.3) is 0 Å². The van der Waals surface area contributed by atoms with Crippen LogP contribution in [0.25, 0.3) is 17.1 Å². The molecule has 0 N–H and O–H groups in total. The largest absolute Gasteiger partial charge is 0.467 e. The molecule has 0 aliphatic rings. The Balaban J connectivity index is 1.60. The lowest BCUT2D eigenvalue weighted by atomic mass is 10.1. The van der Waals surface area contributed by atoms with Gasteiger partial charge in [-0.1, -0.05) is 53.2 Å². The maximum atomic E-state index is 12.7. The van der Waals surface area contributed by atoms with Crippen molar-refractivity contribution in [3.05, 3.63) is 83.8 Å². The molecule has 0 radical (unpaired) electrons. The van der Waals surface area contributed by atoms with E-state index in [0.717, 1.165) is 28.4 Å². The SMILES string of the molecule is Cc1ccc(-n2c(SCC(=O)N(C)Cc3ccco3)nnc2-c2cccc(C)c2)cc1. The molecule has 0 bridgehead atoms. The predicted octanol–water partition coefficient (Wildman–Crippen LogP) is 4.89. The van der Waals surface area contributed by atoms with Gasteiger partial charge in [-0.3, -0.25) is 9.36 Å². The van der Waals surface area contributed by atoms with Crippen LogP contribution in [0.2, 0.25) is 0 Å². The second-order valence-electron chi connectivity index (χ2n) is 7.46. The van der Waals surface area contributed by atoms with Crippen molar-refractivity contribution in [2.24, 2.45) is 0 Å². The van der Waals surface area contributed by atoms with E-state index < -0.39 is 0 Å². The first-order valence-corrected chi connectivity index (χ1v) is 11.0. The minimum Gasteiger partial charge on any atom is -0.467 e. The Kier molecular flexibility index (Phi) is 6.23. The normalized spacial score (nSPS) is 10.9. The molecule has 0 spiro atoms. The molecule has 1 amide bonds. The van der Waals surface area contributed by atoms with Gasteiger partial charge in [0.1, 0.15) is 5.76 Å². The monoisotopic (exact) mass is 432 g/mol. The number of hydrogen-bond donors (Lipinski definition) is 0. The van der Waals surface area contributed by atoms with E-state index in [9.17, 15) is 4.79 Å². The zero-order chi connectivity index (χ0) is 21.8. The first-order chi connectivity index (χ1) is 15.0. The molecule has 0 aliphatic heterocycles. The number of amides is 1. The van der Waals surface area contributed by atoms with Gasteiger partial charge < -0.3 is 9.32 Å². The van der Waals surface area contributed by atoms with E-state index in [2.05, 4.69) is 48.3 Å². The fourth-order valence-corrected chi connectivity index (χ4v) is 4.11. The molecule has 2 heterocycles. The highest BCUT2D eigenvalue weighted by atomic mass is 32.2. The number of carbonyl (C=O) groups excluding carboxylic acids is 1. The molecule has 0 saturated heterocycles. The molecule has 0 fully saturated rings. The molecule has 0 aliphatic carbocycles. The summed E-state index contributed by atoms with van der Waals surface area (Å²) in [5.74, 6) is 1.77. The van der Waals surface area contributed by atoms with Crippen LogP contribution in [0, 0.1) is 13.8 Å². The summed E-state index contributed by atoms with van der Waals surface area (Å²) in [4.78, 5) is 14.3. The second-order valence-corrected chi connectivity index (χ2v) is 8.41. The van der Waals surface area contributed by atoms with Crippen LogP contribution >= 0.6 is 11.8 Å². The highest BCUT2D eigenvalue weighted by molar-refractivity contribution is 7.99. The third kappa shape index (κ3) is 4.88. The van der Waals surface area contributed by atoms with Crippen molar-refractivity contribution in [2.45, 2.75) is 25.5 Å². The average molecular weight is 433 g/mol. The number of rotatable bonds is 7. The van der Waals surface area contributed by atoms with Crippen LogP contribution < -0.4 is 0 Å². The molecule has 31 heavy (non-hydrogen) atoms. The van der Waals surface area contributed by atoms with E-state index in [1.54, 1.807) is 18.2 Å². The molecule has 6 nitrogen and oxygen atoms in total. The zero-order valence-electron chi connectivity index (χ0n) is 17.8. The smallest absolute Gasteiger partial charge is 0.233 e. The van der Waals surface area contributed by atoms with Crippen LogP contribution in [0.5, 0.6) is 0 Å². The van der Waals surface area contributed by atoms with Gasteiger partial charge in [0.05, 0.1) is 18.6 Å². The summed E-state index contributed by atoms with van der Waals surface area (Å²) < 4.78 is 7.35. The van der Waals surface area contributed by atoms with Crippen molar-refractivity contribution < 1.29 is 9.21 Å². The lowest BCUT2D eigenvalue weighted by molar-refractivity contribution is -0.127. The number of aromatic nitrogens is 3. The highest BCUT2D eigenvalue weighted by Crippen LogP contribution is 2.28. The van der Waals surface area contributed by atoms with Crippen LogP contribution in [-0.2, 0) is 11.3 Å². The fourth-order valence-electron chi connectivity index (χ4n) is 3.22. The summed E-state index contributed by atoms with van der Waals surface area (Å²) in [5, 5.41) is 9.56. The van der Waals surface area contributed by atoms with Gasteiger partial charge in [0.15, 0.2) is 11.0 Å². The van der Waals surface area contributed by atoms with Crippen molar-refractivity contribution in [3.8, 4) is 17.1 Å². The van der Waals surface area contributed by atoms with Gasteiger partial charge >= 0.3 is 0 Å². The highest BCUT2D eigenvalue weighted by Gasteiger charge is 2.19. The number of hydrogen-bond acceptors (Lipinski definition) is 5. The maximum Gasteiger partial charge on any atom is 0.233 e. The predicted molar refractivity (Wildman–Crippen MR) is 122 cm³/mol. The van der Waals surface area contributed by atoms with Crippen molar-refractivity contribution in [1.29, 1.82) is 0 Å². The first kappa shape index (κ1) is 20.9. The first-order valence-electron chi connectivity index (χ1n) is 10.00. The molecule has 158 valence electrons. The molecular weight excluding hydrogens is 408 g/mol. The average Bonchev–Trinajstić information content (AvgIpc) is 3.42. The van der Waals surface area contributed by atoms with Crippen molar-refractivity contribution >= 4 is 17.7 Å². The summed E-state index contributed by atoms with van der Waals surface area (Å²) in [6, 6.07) is 20.1. The molecule has 4 rings (SSSR count). The van der Waals surface area contributed by atoms with E-state index >= 15 is 0 Å². The quantitative estimate of drug-likeness (QED) is 0.389. The number of carbonyl (C=O) groups is 1. The zero-order valence-corrected chi connectivity index (χ0v) is 18.6. The molecule has 4 aromatic rings. The molecule has 0 atom stereocenters. The Morgan fingerprint density at radius 2 is 1.84 bits per heavy atom. The van der Waals surface area contributed by atoms with Gasteiger partial charge in [-0.15, -0.1) is 10.2 Å². The van der Waals surface area contributed by atoms with Gasteiger partial charge in [-0.05, 0) is 44.2 Å². The molecule has 0 saturated carbocycles. The standard InChI is InChI=1S/C24H24N4O2S/c1-17-9-11-20(12-10-17)28-23(19-7-4-6-18(2)14-19)25-26-24(28)31-16-22(29)27(3)15-21-8-5-13-30-21/h4-14H,15-16H2,1-3H3. The second kappa shape index (κ2) is 9.22. The van der Waals surface area contributed by atoms with E-state index in [4.69, 9.17) is 4.42 Å². The third-order valence-electron chi connectivity index (χ3n) is 4.93. The van der Waals surface area contributed by atoms with Gasteiger partial charge in [-0.25, -0.2) is 0 Å². The van der Waals surface area contributed by atoms with Crippen molar-refractivity contribution in [3.63, 3.8) is 0 Å². The Labute approximate surface area is 185 Å². The van der Waals surface area contributed by atoms with Crippen LogP contribution in [0.4, 0.5) is 0 Å². The fraction of sp³-hybridized carbons (Fsp3) is 0.208. The summed E-state index contributed by atoms with van der Waals surface area (Å²) in [7, 11) is 1.77. The Hall–Kier alpha value is -3.32. The summed E-state index contributed by atoms with van der Waals surface area (Å²) in [5.41, 5.74) is 4.28. The topological polar surface area (TPSA) is 64.2 Å². The summed E-state index contributed by atoms with van der Waals surface area (Å²) >= 11 is 1.38. The van der Waals surface area contributed by atoms with Gasteiger partial charge in [0.2, 0.25) is 5.91 Å². The van der Waals surface area contributed by atoms with E-state index in [1.165, 1.54) is 17.3 Å². The van der Waals surface area contributed by atoms with Gasteiger partial charge in [0, 0.05) is 18.3 Å². The Morgan fingerprint density at radius 1 is 1.03 bits per heavy atom. The molecule has 0 unspecified atom stereocenters. The summed E-state index contributed by atoms with van der Waals surface area (Å²) in [6.45, 7) is 4.55. The van der Waals surface area contributed by atoms with Crippen LogP contribution in [-0.4, -0.2) is 38.4 Å². The molecule has 2 aromatic heterocycles. The van der Waals surface area contributed by atoms with Crippen molar-refractivity contribution in [2.75, 3.05) is 12.8 Å². The number of thioether (sulfide) groups is 1. The Bertz CT molecular complexity index is 1170. The van der Waals surface area contributed by atoms with Crippen molar-refractivity contribution in [1.82, 2.24) is 19.7 Å². The third-order valence-corrected chi connectivity index (χ3v) is 5.84. The number of aryl methyl sites for hydroxylation is 2. The van der Waals surface area contributed by atoms with Crippen LogP contribution in [0.3, 0.4) is 0 Å². The van der Waals surface area contributed by atoms with E-state index in [1.807, 2.05) is 41.0 Å². The lowest BCUT2D eigenvalue weighted by Crippen LogP contribution is -2.27. The summed E-state index contributed by atoms with van der Waals surface area (Å²) in [6.07, 6.45) is 1.61. The molecular formula is C24H24N4O2S. The molecule has 2 aromatic carbocycles. The Morgan fingerprint density at radius 3 is 2.55 bits per heavy atom. The molecule has 7 heteroatoms.